The third kappa shape index (κ3) is 3.92. The van der Waals surface area contributed by atoms with Crippen LogP contribution in [0.4, 0.5) is 0 Å². The molecule has 0 saturated heterocycles. The van der Waals surface area contributed by atoms with Crippen LogP contribution in [0.5, 0.6) is 0 Å². The van der Waals surface area contributed by atoms with E-state index in [9.17, 15) is 9.59 Å². The third-order valence-corrected chi connectivity index (χ3v) is 4.62. The molecule has 0 bridgehead atoms. The monoisotopic (exact) mass is 363 g/mol. The zero-order valence-corrected chi connectivity index (χ0v) is 16.2. The molecule has 1 unspecified atom stereocenters. The van der Waals surface area contributed by atoms with Crippen molar-refractivity contribution in [1.82, 2.24) is 15.1 Å². The molecule has 27 heavy (non-hydrogen) atoms. The van der Waals surface area contributed by atoms with Crippen LogP contribution in [0.25, 0.3) is 10.8 Å². The van der Waals surface area contributed by atoms with Crippen LogP contribution >= 0.6 is 0 Å². The summed E-state index contributed by atoms with van der Waals surface area (Å²) in [7, 11) is 0. The van der Waals surface area contributed by atoms with Gasteiger partial charge >= 0.3 is 0 Å². The quantitative estimate of drug-likeness (QED) is 0.749. The molecule has 1 atom stereocenters. The van der Waals surface area contributed by atoms with E-state index in [0.717, 1.165) is 11.1 Å². The predicted octanol–water partition coefficient (Wildman–Crippen LogP) is 3.85. The summed E-state index contributed by atoms with van der Waals surface area (Å²) in [5, 5.41) is 8.53. The summed E-state index contributed by atoms with van der Waals surface area (Å²) >= 11 is 0. The molecule has 0 radical (unpaired) electrons. The number of nitrogens with one attached hydrogen (secondary N) is 1. The van der Waals surface area contributed by atoms with Gasteiger partial charge in [0, 0.05) is 11.9 Å². The molecule has 2 aromatic carbocycles. The molecule has 140 valence electrons. The average molecular weight is 363 g/mol. The molecule has 3 aromatic rings. The van der Waals surface area contributed by atoms with E-state index in [1.165, 1.54) is 4.68 Å². The molecule has 5 nitrogen and oxygen atoms in total. The second kappa shape index (κ2) is 7.74. The molecule has 0 fully saturated rings. The van der Waals surface area contributed by atoms with Crippen molar-refractivity contribution in [2.45, 2.75) is 40.3 Å². The molecule has 1 heterocycles. The molecule has 0 aliphatic rings. The third-order valence-electron chi connectivity index (χ3n) is 4.62. The first-order valence-corrected chi connectivity index (χ1v) is 9.24. The largest absolute Gasteiger partial charge is 0.344 e. The summed E-state index contributed by atoms with van der Waals surface area (Å²) < 4.78 is 1.40. The van der Waals surface area contributed by atoms with E-state index in [1.807, 2.05) is 58.0 Å². The molecule has 0 saturated carbocycles. The van der Waals surface area contributed by atoms with Gasteiger partial charge in [-0.15, -0.1) is 0 Å². The summed E-state index contributed by atoms with van der Waals surface area (Å²) in [6.45, 7) is 8.48. The van der Waals surface area contributed by atoms with Gasteiger partial charge in [0.15, 0.2) is 5.69 Å². The number of rotatable bonds is 5. The molecule has 1 aromatic heterocycles. The summed E-state index contributed by atoms with van der Waals surface area (Å²) in [6, 6.07) is 14.9. The van der Waals surface area contributed by atoms with Gasteiger partial charge in [0.25, 0.3) is 11.5 Å². The van der Waals surface area contributed by atoms with Gasteiger partial charge in [0.05, 0.1) is 11.4 Å². The average Bonchev–Trinajstić information content (AvgIpc) is 2.64. The Kier molecular flexibility index (Phi) is 5.40. The molecule has 1 N–H and O–H groups in total. The molecule has 3 rings (SSSR count). The van der Waals surface area contributed by atoms with Crippen molar-refractivity contribution in [3.8, 4) is 0 Å². The maximum absolute atomic E-state index is 13.0. The Hall–Kier alpha value is -2.95. The maximum Gasteiger partial charge on any atom is 0.274 e. The molecule has 0 aliphatic heterocycles. The van der Waals surface area contributed by atoms with E-state index in [4.69, 9.17) is 0 Å². The smallest absolute Gasteiger partial charge is 0.274 e. The number of aromatic nitrogens is 2. The van der Waals surface area contributed by atoms with Gasteiger partial charge in [0.1, 0.15) is 0 Å². The minimum absolute atomic E-state index is 0.162. The van der Waals surface area contributed by atoms with Crippen molar-refractivity contribution in [2.24, 2.45) is 5.92 Å². The van der Waals surface area contributed by atoms with Gasteiger partial charge in [-0.05, 0) is 37.0 Å². The highest BCUT2D eigenvalue weighted by molar-refractivity contribution is 6.04. The highest BCUT2D eigenvalue weighted by Crippen LogP contribution is 2.19. The highest BCUT2D eigenvalue weighted by atomic mass is 16.2. The molecular weight excluding hydrogens is 338 g/mol. The number of fused-ring (bicyclic) bond motifs is 1. The van der Waals surface area contributed by atoms with E-state index in [-0.39, 0.29) is 29.1 Å². The van der Waals surface area contributed by atoms with Crippen molar-refractivity contribution < 1.29 is 4.79 Å². The van der Waals surface area contributed by atoms with Crippen LogP contribution in [0.3, 0.4) is 0 Å². The zero-order valence-electron chi connectivity index (χ0n) is 16.2. The fourth-order valence-corrected chi connectivity index (χ4v) is 3.29. The Morgan fingerprint density at radius 1 is 1.04 bits per heavy atom. The van der Waals surface area contributed by atoms with E-state index in [1.54, 1.807) is 18.2 Å². The summed E-state index contributed by atoms with van der Waals surface area (Å²) in [5.74, 6) is -0.0300. The van der Waals surface area contributed by atoms with Crippen LogP contribution in [0, 0.1) is 12.8 Å². The molecule has 1 amide bonds. The van der Waals surface area contributed by atoms with Crippen LogP contribution in [-0.4, -0.2) is 15.7 Å². The summed E-state index contributed by atoms with van der Waals surface area (Å²) in [6.07, 6.45) is 0. The SMILES string of the molecule is Cc1ccccc1C(C)NC(=O)c1nn(CC(C)C)c(=O)c2ccccc12. The number of nitrogens with zero attached hydrogens (tertiary/aromatic N) is 2. The Balaban J connectivity index is 2.02. The molecule has 0 spiro atoms. The summed E-state index contributed by atoms with van der Waals surface area (Å²) in [4.78, 5) is 25.7. The topological polar surface area (TPSA) is 64.0 Å². The van der Waals surface area contributed by atoms with Crippen LogP contribution in [0.1, 0.15) is 48.4 Å². The van der Waals surface area contributed by atoms with Crippen LogP contribution in [0.2, 0.25) is 0 Å². The predicted molar refractivity (Wildman–Crippen MR) is 108 cm³/mol. The zero-order chi connectivity index (χ0) is 19.6. The number of hydrogen-bond acceptors (Lipinski definition) is 3. The molecular formula is C22H25N3O2. The van der Waals surface area contributed by atoms with Crippen molar-refractivity contribution >= 4 is 16.7 Å². The van der Waals surface area contributed by atoms with Gasteiger partial charge in [-0.3, -0.25) is 9.59 Å². The lowest BCUT2D eigenvalue weighted by Gasteiger charge is -2.18. The highest BCUT2D eigenvalue weighted by Gasteiger charge is 2.19. The minimum atomic E-state index is -0.278. The molecule has 5 heteroatoms. The number of carbonyl (C=O) groups excluding carboxylic acids is 1. The van der Waals surface area contributed by atoms with Crippen molar-refractivity contribution in [1.29, 1.82) is 0 Å². The van der Waals surface area contributed by atoms with Gasteiger partial charge in [-0.25, -0.2) is 4.68 Å². The minimum Gasteiger partial charge on any atom is -0.344 e. The lowest BCUT2D eigenvalue weighted by atomic mass is 10.0. The standard InChI is InChI=1S/C22H25N3O2/c1-14(2)13-25-22(27)19-12-8-7-11-18(19)20(24-25)21(26)23-16(4)17-10-6-5-9-15(17)3/h5-12,14,16H,13H2,1-4H3,(H,23,26). The molecule has 0 aliphatic carbocycles. The number of hydrogen-bond donors (Lipinski definition) is 1. The van der Waals surface area contributed by atoms with Gasteiger partial charge in [-0.1, -0.05) is 56.3 Å². The van der Waals surface area contributed by atoms with E-state index in [0.29, 0.717) is 17.3 Å². The van der Waals surface area contributed by atoms with E-state index >= 15 is 0 Å². The van der Waals surface area contributed by atoms with Crippen molar-refractivity contribution in [2.75, 3.05) is 0 Å². The fraction of sp³-hybridized carbons (Fsp3) is 0.318. The summed E-state index contributed by atoms with van der Waals surface area (Å²) in [5.41, 5.74) is 2.30. The lowest BCUT2D eigenvalue weighted by molar-refractivity contribution is 0.0934. The van der Waals surface area contributed by atoms with Gasteiger partial charge < -0.3 is 5.32 Å². The maximum atomic E-state index is 13.0. The lowest BCUT2D eigenvalue weighted by Crippen LogP contribution is -2.33. The van der Waals surface area contributed by atoms with Crippen molar-refractivity contribution in [3.05, 3.63) is 75.7 Å². The van der Waals surface area contributed by atoms with E-state index < -0.39 is 0 Å². The van der Waals surface area contributed by atoms with Gasteiger partial charge in [0.2, 0.25) is 0 Å². The normalized spacial score (nSPS) is 12.3. The Morgan fingerprint density at radius 2 is 1.67 bits per heavy atom. The number of amides is 1. The first kappa shape index (κ1) is 18.8. The second-order valence-corrected chi connectivity index (χ2v) is 7.33. The van der Waals surface area contributed by atoms with Gasteiger partial charge in [-0.2, -0.15) is 5.10 Å². The number of aryl methyl sites for hydroxylation is 1. The second-order valence-electron chi connectivity index (χ2n) is 7.33. The number of benzene rings is 2. The Bertz CT molecular complexity index is 1040. The van der Waals surface area contributed by atoms with Crippen molar-refractivity contribution in [3.63, 3.8) is 0 Å². The van der Waals surface area contributed by atoms with E-state index in [2.05, 4.69) is 10.4 Å². The first-order valence-electron chi connectivity index (χ1n) is 9.24. The fourth-order valence-electron chi connectivity index (χ4n) is 3.29. The van der Waals surface area contributed by atoms with Crippen LogP contribution < -0.4 is 10.9 Å². The Labute approximate surface area is 159 Å². The first-order chi connectivity index (χ1) is 12.9. The Morgan fingerprint density at radius 3 is 2.33 bits per heavy atom. The van der Waals surface area contributed by atoms with Crippen LogP contribution in [-0.2, 0) is 6.54 Å². The van der Waals surface area contributed by atoms with Crippen LogP contribution in [0.15, 0.2) is 53.3 Å². The number of carbonyl (C=O) groups is 1.